The van der Waals surface area contributed by atoms with E-state index in [4.69, 9.17) is 0 Å². The molecule has 1 amide bonds. The normalized spacial score (nSPS) is 32.8. The van der Waals surface area contributed by atoms with Gasteiger partial charge in [-0.1, -0.05) is 0 Å². The lowest BCUT2D eigenvalue weighted by atomic mass is 9.48. The lowest BCUT2D eigenvalue weighted by Gasteiger charge is -2.59. The largest absolute Gasteiger partial charge is 0.349 e. The van der Waals surface area contributed by atoms with Crippen molar-refractivity contribution in [1.82, 2.24) is 20.1 Å². The molecular weight excluding hydrogens is 336 g/mol. The van der Waals surface area contributed by atoms with Gasteiger partial charge < -0.3 is 5.32 Å². The zero-order valence-corrected chi connectivity index (χ0v) is 16.9. The summed E-state index contributed by atoms with van der Waals surface area (Å²) < 4.78 is 1.77. The number of fused-ring (bicyclic) bond motifs is 1. The third-order valence-electron chi connectivity index (χ3n) is 7.69. The average molecular weight is 367 g/mol. The van der Waals surface area contributed by atoms with E-state index in [1.807, 2.05) is 27.0 Å². The Balaban J connectivity index is 1.45. The number of hydrogen-bond acceptors (Lipinski definition) is 3. The van der Waals surface area contributed by atoms with Gasteiger partial charge in [-0.3, -0.25) is 9.48 Å². The number of carbonyl (C=O) groups is 1. The van der Waals surface area contributed by atoms with Crippen molar-refractivity contribution < 1.29 is 4.79 Å². The van der Waals surface area contributed by atoms with E-state index in [0.717, 1.165) is 45.7 Å². The minimum absolute atomic E-state index is 0.0323. The first-order valence-corrected chi connectivity index (χ1v) is 10.5. The van der Waals surface area contributed by atoms with Gasteiger partial charge in [-0.25, -0.2) is 4.98 Å². The average Bonchev–Trinajstić information content (AvgIpc) is 2.87. The summed E-state index contributed by atoms with van der Waals surface area (Å²) in [7, 11) is 1.89. The highest BCUT2D eigenvalue weighted by Crippen LogP contribution is 2.61. The van der Waals surface area contributed by atoms with E-state index in [9.17, 15) is 4.79 Å². The van der Waals surface area contributed by atoms with Gasteiger partial charge in [0, 0.05) is 18.8 Å². The van der Waals surface area contributed by atoms with E-state index in [-0.39, 0.29) is 11.9 Å². The van der Waals surface area contributed by atoms with Crippen molar-refractivity contribution in [2.75, 3.05) is 0 Å². The van der Waals surface area contributed by atoms with Crippen LogP contribution in [0.15, 0.2) is 6.07 Å². The first-order valence-electron chi connectivity index (χ1n) is 10.5. The number of amides is 1. The number of nitrogens with zero attached hydrogens (tertiary/aromatic N) is 3. The van der Waals surface area contributed by atoms with Gasteiger partial charge in [-0.2, -0.15) is 5.10 Å². The topological polar surface area (TPSA) is 59.8 Å². The molecule has 5 nitrogen and oxygen atoms in total. The van der Waals surface area contributed by atoms with Crippen LogP contribution in [0.4, 0.5) is 0 Å². The summed E-state index contributed by atoms with van der Waals surface area (Å²) in [6, 6.07) is 2.14. The lowest BCUT2D eigenvalue weighted by Crippen LogP contribution is -2.55. The first-order chi connectivity index (χ1) is 12.8. The van der Waals surface area contributed by atoms with Gasteiger partial charge in [-0.15, -0.1) is 0 Å². The molecule has 0 radical (unpaired) electrons. The molecule has 1 N–H and O–H groups in total. The molecule has 27 heavy (non-hydrogen) atoms. The Labute approximate surface area is 160 Å². The van der Waals surface area contributed by atoms with E-state index in [1.54, 1.807) is 4.68 Å². The molecule has 2 aromatic heterocycles. The fourth-order valence-electron chi connectivity index (χ4n) is 6.88. The molecule has 0 spiro atoms. The molecule has 4 aliphatic carbocycles. The second-order valence-corrected chi connectivity index (χ2v) is 9.69. The van der Waals surface area contributed by atoms with Crippen molar-refractivity contribution >= 4 is 16.9 Å². The van der Waals surface area contributed by atoms with E-state index in [0.29, 0.717) is 5.41 Å². The van der Waals surface area contributed by atoms with Crippen molar-refractivity contribution in [3.05, 3.63) is 23.0 Å². The molecule has 0 aromatic carbocycles. The van der Waals surface area contributed by atoms with Crippen molar-refractivity contribution in [2.45, 2.75) is 65.3 Å². The number of pyridine rings is 1. The third-order valence-corrected chi connectivity index (χ3v) is 7.69. The van der Waals surface area contributed by atoms with Gasteiger partial charge in [-0.05, 0) is 88.5 Å². The Morgan fingerprint density at radius 3 is 2.37 bits per heavy atom. The van der Waals surface area contributed by atoms with Crippen LogP contribution < -0.4 is 5.32 Å². The van der Waals surface area contributed by atoms with Crippen molar-refractivity contribution in [3.8, 4) is 0 Å². The van der Waals surface area contributed by atoms with Crippen LogP contribution in [0.5, 0.6) is 0 Å². The minimum Gasteiger partial charge on any atom is -0.349 e. The molecule has 5 heteroatoms. The molecule has 144 valence electrons. The Kier molecular flexibility index (Phi) is 3.69. The van der Waals surface area contributed by atoms with Crippen LogP contribution in [0.3, 0.4) is 0 Å². The highest BCUT2D eigenvalue weighted by atomic mass is 16.1. The number of nitrogens with one attached hydrogen (secondary N) is 1. The van der Waals surface area contributed by atoms with Gasteiger partial charge in [0.05, 0.1) is 16.6 Å². The molecule has 4 aliphatic rings. The van der Waals surface area contributed by atoms with Gasteiger partial charge in [0.1, 0.15) is 0 Å². The number of rotatable bonds is 3. The van der Waals surface area contributed by atoms with Gasteiger partial charge in [0.2, 0.25) is 0 Å². The summed E-state index contributed by atoms with van der Waals surface area (Å²) in [6.45, 7) is 6.14. The molecule has 4 saturated carbocycles. The van der Waals surface area contributed by atoms with Crippen LogP contribution in [-0.2, 0) is 7.05 Å². The monoisotopic (exact) mass is 366 g/mol. The predicted octanol–water partition coefficient (Wildman–Crippen LogP) is 3.92. The van der Waals surface area contributed by atoms with Crippen molar-refractivity contribution in [3.63, 3.8) is 0 Å². The van der Waals surface area contributed by atoms with Crippen LogP contribution in [-0.4, -0.2) is 26.7 Å². The molecule has 1 atom stereocenters. The Bertz CT molecular complexity index is 893. The van der Waals surface area contributed by atoms with E-state index < -0.39 is 0 Å². The second kappa shape index (κ2) is 5.79. The van der Waals surface area contributed by atoms with E-state index in [1.165, 1.54) is 38.5 Å². The fourth-order valence-corrected chi connectivity index (χ4v) is 6.88. The number of hydrogen-bond donors (Lipinski definition) is 1. The molecule has 4 fully saturated rings. The molecular formula is C22H30N4O. The second-order valence-electron chi connectivity index (χ2n) is 9.69. The predicted molar refractivity (Wildman–Crippen MR) is 106 cm³/mol. The molecule has 2 aromatic rings. The number of aryl methyl sites for hydroxylation is 3. The molecule has 2 heterocycles. The Hall–Kier alpha value is -1.91. The standard InChI is InChI=1S/C22H30N4O/c1-12-5-18(19-13(2)25-26(4)20(19)23-12)21(27)24-14(3)22-9-15-6-16(10-22)8-17(7-15)11-22/h5,14-17H,6-11H2,1-4H3,(H,24,27)/t14-,15?,16?,17?,22?/m0/s1. The van der Waals surface area contributed by atoms with E-state index in [2.05, 4.69) is 22.3 Å². The molecule has 0 aliphatic heterocycles. The minimum atomic E-state index is 0.0323. The summed E-state index contributed by atoms with van der Waals surface area (Å²) >= 11 is 0. The van der Waals surface area contributed by atoms with Gasteiger partial charge >= 0.3 is 0 Å². The summed E-state index contributed by atoms with van der Waals surface area (Å²) in [5, 5.41) is 8.77. The maximum absolute atomic E-state index is 13.3. The highest BCUT2D eigenvalue weighted by molar-refractivity contribution is 6.06. The van der Waals surface area contributed by atoms with Crippen LogP contribution in [0.1, 0.15) is 67.2 Å². The fraction of sp³-hybridized carbons (Fsp3) is 0.682. The molecule has 0 saturated heterocycles. The Morgan fingerprint density at radius 1 is 1.19 bits per heavy atom. The quantitative estimate of drug-likeness (QED) is 0.896. The lowest BCUT2D eigenvalue weighted by molar-refractivity contribution is -0.0687. The van der Waals surface area contributed by atoms with E-state index >= 15 is 0 Å². The molecule has 6 rings (SSSR count). The molecule has 4 bridgehead atoms. The van der Waals surface area contributed by atoms with Gasteiger partial charge in [0.15, 0.2) is 5.65 Å². The third kappa shape index (κ3) is 2.61. The van der Waals surface area contributed by atoms with Crippen molar-refractivity contribution in [1.29, 1.82) is 0 Å². The highest BCUT2D eigenvalue weighted by Gasteiger charge is 2.53. The first kappa shape index (κ1) is 17.2. The number of aromatic nitrogens is 3. The molecule has 0 unspecified atom stereocenters. The van der Waals surface area contributed by atoms with Crippen LogP contribution in [0.2, 0.25) is 0 Å². The van der Waals surface area contributed by atoms with Crippen molar-refractivity contribution in [2.24, 2.45) is 30.2 Å². The summed E-state index contributed by atoms with van der Waals surface area (Å²) in [5.74, 6) is 2.72. The van der Waals surface area contributed by atoms with Gasteiger partial charge in [0.25, 0.3) is 5.91 Å². The van der Waals surface area contributed by atoms with Crippen LogP contribution in [0, 0.1) is 37.0 Å². The smallest absolute Gasteiger partial charge is 0.252 e. The maximum Gasteiger partial charge on any atom is 0.252 e. The zero-order valence-electron chi connectivity index (χ0n) is 16.9. The Morgan fingerprint density at radius 2 is 1.78 bits per heavy atom. The van der Waals surface area contributed by atoms with Crippen LogP contribution in [0.25, 0.3) is 11.0 Å². The summed E-state index contributed by atoms with van der Waals surface area (Å²) in [6.07, 6.45) is 8.20. The maximum atomic E-state index is 13.3. The summed E-state index contributed by atoms with van der Waals surface area (Å²) in [5.41, 5.74) is 3.56. The van der Waals surface area contributed by atoms with Crippen LogP contribution >= 0.6 is 0 Å². The number of carbonyl (C=O) groups excluding carboxylic acids is 1. The summed E-state index contributed by atoms with van der Waals surface area (Å²) in [4.78, 5) is 17.9. The SMILES string of the molecule is Cc1cc(C(=O)N[C@@H](C)C23CC4CC(CC(C4)C2)C3)c2c(C)nn(C)c2n1. The zero-order chi connectivity index (χ0) is 18.9.